The summed E-state index contributed by atoms with van der Waals surface area (Å²) in [6.45, 7) is 4.00. The molecule has 4 rings (SSSR count). The largest absolute Gasteiger partial charge is 0.352 e. The molecule has 0 bridgehead atoms. The van der Waals surface area contributed by atoms with Gasteiger partial charge in [0.2, 0.25) is 0 Å². The number of para-hydroxylation sites is 1. The van der Waals surface area contributed by atoms with E-state index in [0.717, 1.165) is 43.2 Å². The third-order valence-corrected chi connectivity index (χ3v) is 3.71. The first-order chi connectivity index (χ1) is 9.93. The quantitative estimate of drug-likeness (QED) is 0.732. The molecule has 1 aliphatic rings. The Morgan fingerprint density at radius 1 is 1.10 bits per heavy atom. The fraction of sp³-hybridized carbons (Fsp3) is 0.286. The van der Waals surface area contributed by atoms with Gasteiger partial charge in [-0.1, -0.05) is 12.1 Å². The van der Waals surface area contributed by atoms with Crippen molar-refractivity contribution in [3.63, 3.8) is 0 Å². The number of piperazine rings is 1. The Morgan fingerprint density at radius 3 is 2.75 bits per heavy atom. The lowest BCUT2D eigenvalue weighted by Gasteiger charge is -2.27. The molecule has 0 aliphatic carbocycles. The minimum atomic E-state index is 0.961. The molecule has 0 amide bonds. The average Bonchev–Trinajstić information content (AvgIpc) is 3.15. The van der Waals surface area contributed by atoms with Gasteiger partial charge in [-0.2, -0.15) is 5.10 Å². The van der Waals surface area contributed by atoms with Crippen LogP contribution in [-0.2, 0) is 0 Å². The number of aromatic amines is 1. The predicted molar refractivity (Wildman–Crippen MR) is 78.3 cm³/mol. The van der Waals surface area contributed by atoms with Crippen LogP contribution in [0.3, 0.4) is 0 Å². The van der Waals surface area contributed by atoms with E-state index in [1.165, 1.54) is 5.39 Å². The summed E-state index contributed by atoms with van der Waals surface area (Å²) in [5, 5.41) is 16.2. The maximum absolute atomic E-state index is 4.81. The first-order valence-corrected chi connectivity index (χ1v) is 6.86. The summed E-state index contributed by atoms with van der Waals surface area (Å²) in [5.41, 5.74) is 2.07. The van der Waals surface area contributed by atoms with Crippen molar-refractivity contribution >= 4 is 16.7 Å². The molecular formula is C14H16N6. The number of rotatable bonds is 2. The Labute approximate surface area is 116 Å². The molecule has 0 unspecified atom stereocenters. The maximum atomic E-state index is 4.81. The van der Waals surface area contributed by atoms with E-state index in [1.54, 1.807) is 6.20 Å². The van der Waals surface area contributed by atoms with Crippen molar-refractivity contribution in [3.8, 4) is 5.69 Å². The Morgan fingerprint density at radius 2 is 1.95 bits per heavy atom. The molecule has 3 heterocycles. The fourth-order valence-corrected chi connectivity index (χ4v) is 2.72. The van der Waals surface area contributed by atoms with Crippen LogP contribution in [-0.4, -0.2) is 46.2 Å². The molecule has 102 valence electrons. The van der Waals surface area contributed by atoms with Gasteiger partial charge in [-0.3, -0.25) is 5.10 Å². The van der Waals surface area contributed by atoms with Gasteiger partial charge in [0.15, 0.2) is 5.82 Å². The molecule has 1 aliphatic heterocycles. The SMILES string of the molecule is c1ccc2c(c1)c(N1CCNCC1)nn2-c1cn[nH]c1. The molecule has 3 aromatic rings. The van der Waals surface area contributed by atoms with Gasteiger partial charge in [0.05, 0.1) is 11.7 Å². The zero-order chi connectivity index (χ0) is 13.4. The number of aromatic nitrogens is 4. The monoisotopic (exact) mass is 268 g/mol. The minimum Gasteiger partial charge on any atom is -0.352 e. The molecule has 1 aromatic carbocycles. The van der Waals surface area contributed by atoms with Crippen molar-refractivity contribution in [1.82, 2.24) is 25.3 Å². The standard InChI is InChI=1S/C14H16N6/c1-2-4-13-12(3-1)14(19-7-5-15-6-8-19)18-20(13)11-9-16-17-10-11/h1-4,9-10,15H,5-8H2,(H,16,17). The van der Waals surface area contributed by atoms with Gasteiger partial charge in [0.25, 0.3) is 0 Å². The molecular weight excluding hydrogens is 252 g/mol. The predicted octanol–water partition coefficient (Wildman–Crippen LogP) is 1.16. The lowest BCUT2D eigenvalue weighted by Crippen LogP contribution is -2.43. The smallest absolute Gasteiger partial charge is 0.159 e. The average molecular weight is 268 g/mol. The highest BCUT2D eigenvalue weighted by Crippen LogP contribution is 2.28. The van der Waals surface area contributed by atoms with Crippen LogP contribution in [0.25, 0.3) is 16.6 Å². The Balaban J connectivity index is 1.89. The van der Waals surface area contributed by atoms with Gasteiger partial charge in [-0.05, 0) is 12.1 Å². The second kappa shape index (κ2) is 4.64. The molecule has 20 heavy (non-hydrogen) atoms. The molecule has 0 radical (unpaired) electrons. The number of fused-ring (bicyclic) bond motifs is 1. The molecule has 1 saturated heterocycles. The molecule has 2 N–H and O–H groups in total. The van der Waals surface area contributed by atoms with Crippen molar-refractivity contribution < 1.29 is 0 Å². The van der Waals surface area contributed by atoms with Crippen LogP contribution >= 0.6 is 0 Å². The number of nitrogens with one attached hydrogen (secondary N) is 2. The van der Waals surface area contributed by atoms with Gasteiger partial charge >= 0.3 is 0 Å². The number of hydrogen-bond acceptors (Lipinski definition) is 4. The lowest BCUT2D eigenvalue weighted by molar-refractivity contribution is 0.584. The van der Waals surface area contributed by atoms with Gasteiger partial charge in [-0.25, -0.2) is 4.68 Å². The number of benzene rings is 1. The number of hydrogen-bond donors (Lipinski definition) is 2. The topological polar surface area (TPSA) is 61.8 Å². The first-order valence-electron chi connectivity index (χ1n) is 6.86. The minimum absolute atomic E-state index is 0.961. The Bertz CT molecular complexity index is 708. The van der Waals surface area contributed by atoms with Gasteiger partial charge < -0.3 is 10.2 Å². The summed E-state index contributed by atoms with van der Waals surface area (Å²) in [6, 6.07) is 8.34. The number of H-pyrrole nitrogens is 1. The molecule has 0 atom stereocenters. The Hall–Kier alpha value is -2.34. The highest BCUT2D eigenvalue weighted by Gasteiger charge is 2.18. The van der Waals surface area contributed by atoms with Crippen LogP contribution in [0.15, 0.2) is 36.7 Å². The van der Waals surface area contributed by atoms with E-state index in [-0.39, 0.29) is 0 Å². The first kappa shape index (κ1) is 11.5. The van der Waals surface area contributed by atoms with Crippen molar-refractivity contribution in [1.29, 1.82) is 0 Å². The summed E-state index contributed by atoms with van der Waals surface area (Å²) in [5.74, 6) is 1.06. The maximum Gasteiger partial charge on any atom is 0.159 e. The normalized spacial score (nSPS) is 15.9. The summed E-state index contributed by atoms with van der Waals surface area (Å²) in [6.07, 6.45) is 3.65. The number of anilines is 1. The summed E-state index contributed by atoms with van der Waals surface area (Å²) >= 11 is 0. The van der Waals surface area contributed by atoms with Crippen LogP contribution < -0.4 is 10.2 Å². The van der Waals surface area contributed by atoms with E-state index < -0.39 is 0 Å². The summed E-state index contributed by atoms with van der Waals surface area (Å²) in [7, 11) is 0. The second-order valence-corrected chi connectivity index (χ2v) is 4.95. The zero-order valence-electron chi connectivity index (χ0n) is 11.1. The molecule has 6 heteroatoms. The van der Waals surface area contributed by atoms with Gasteiger partial charge in [-0.15, -0.1) is 5.10 Å². The van der Waals surface area contributed by atoms with Crippen molar-refractivity contribution in [2.75, 3.05) is 31.1 Å². The van der Waals surface area contributed by atoms with E-state index in [0.29, 0.717) is 0 Å². The summed E-state index contributed by atoms with van der Waals surface area (Å²) in [4.78, 5) is 2.34. The molecule has 0 saturated carbocycles. The third kappa shape index (κ3) is 1.77. The Kier molecular flexibility index (Phi) is 2.67. The molecule has 1 fully saturated rings. The van der Waals surface area contributed by atoms with Gasteiger partial charge in [0.1, 0.15) is 5.69 Å². The third-order valence-electron chi connectivity index (χ3n) is 3.71. The highest BCUT2D eigenvalue weighted by atomic mass is 15.4. The van der Waals surface area contributed by atoms with Crippen LogP contribution in [0.5, 0.6) is 0 Å². The second-order valence-electron chi connectivity index (χ2n) is 4.95. The van der Waals surface area contributed by atoms with Crippen LogP contribution in [0, 0.1) is 0 Å². The highest BCUT2D eigenvalue weighted by molar-refractivity contribution is 5.91. The number of nitrogens with zero attached hydrogens (tertiary/aromatic N) is 4. The summed E-state index contributed by atoms with van der Waals surface area (Å²) < 4.78 is 1.95. The van der Waals surface area contributed by atoms with Crippen molar-refractivity contribution in [3.05, 3.63) is 36.7 Å². The van der Waals surface area contributed by atoms with Gasteiger partial charge in [0, 0.05) is 37.8 Å². The van der Waals surface area contributed by atoms with E-state index in [9.17, 15) is 0 Å². The fourth-order valence-electron chi connectivity index (χ4n) is 2.72. The van der Waals surface area contributed by atoms with E-state index in [2.05, 4.69) is 38.6 Å². The van der Waals surface area contributed by atoms with Crippen molar-refractivity contribution in [2.45, 2.75) is 0 Å². The van der Waals surface area contributed by atoms with E-state index >= 15 is 0 Å². The molecule has 2 aromatic heterocycles. The zero-order valence-corrected chi connectivity index (χ0v) is 11.1. The van der Waals surface area contributed by atoms with Crippen LogP contribution in [0.4, 0.5) is 5.82 Å². The van der Waals surface area contributed by atoms with E-state index in [4.69, 9.17) is 5.10 Å². The van der Waals surface area contributed by atoms with Crippen molar-refractivity contribution in [2.24, 2.45) is 0 Å². The van der Waals surface area contributed by atoms with Crippen LogP contribution in [0.1, 0.15) is 0 Å². The van der Waals surface area contributed by atoms with E-state index in [1.807, 2.05) is 16.9 Å². The van der Waals surface area contributed by atoms with Crippen LogP contribution in [0.2, 0.25) is 0 Å². The lowest BCUT2D eigenvalue weighted by atomic mass is 10.2. The molecule has 0 spiro atoms. The molecule has 6 nitrogen and oxygen atoms in total.